The lowest BCUT2D eigenvalue weighted by Crippen LogP contribution is -2.36. The van der Waals surface area contributed by atoms with E-state index >= 15 is 0 Å². The summed E-state index contributed by atoms with van der Waals surface area (Å²) in [6, 6.07) is 0. The van der Waals surface area contributed by atoms with Crippen molar-refractivity contribution in [3.63, 3.8) is 0 Å². The van der Waals surface area contributed by atoms with Gasteiger partial charge < -0.3 is 5.11 Å². The molecule has 0 aromatic heterocycles. The molecule has 14 heavy (non-hydrogen) atoms. The number of aliphatic hydroxyl groups excluding tert-OH is 1. The van der Waals surface area contributed by atoms with Crippen LogP contribution in [-0.2, 0) is 9.59 Å². The van der Waals surface area contributed by atoms with Crippen molar-refractivity contribution in [3.05, 3.63) is 12.2 Å². The summed E-state index contributed by atoms with van der Waals surface area (Å²) in [7, 11) is 0. The maximum absolute atomic E-state index is 11.1. The summed E-state index contributed by atoms with van der Waals surface area (Å²) in [6.07, 6.45) is 4.40. The Morgan fingerprint density at radius 1 is 1.36 bits per heavy atom. The second kappa shape index (κ2) is 4.91. The number of unbranched alkanes of at least 4 members (excludes halogenated alkanes) is 1. The summed E-state index contributed by atoms with van der Waals surface area (Å²) in [5, 5.41) is 9.50. The van der Waals surface area contributed by atoms with Gasteiger partial charge in [-0.15, -0.1) is 0 Å². The molecule has 1 rings (SSSR count). The zero-order chi connectivity index (χ0) is 10.6. The molecule has 1 aliphatic rings. The van der Waals surface area contributed by atoms with Crippen LogP contribution in [0.25, 0.3) is 0 Å². The monoisotopic (exact) mass is 197 g/mol. The number of carbonyl (C=O) groups excluding carboxylic acids is 2. The zero-order valence-electron chi connectivity index (χ0n) is 8.27. The molecule has 4 heteroatoms. The van der Waals surface area contributed by atoms with Crippen LogP contribution in [0.5, 0.6) is 0 Å². The number of hydrogen-bond donors (Lipinski definition) is 1. The molecule has 1 N–H and O–H groups in total. The third kappa shape index (κ3) is 2.67. The highest BCUT2D eigenvalue weighted by atomic mass is 16.3. The number of hydrogen-bond acceptors (Lipinski definition) is 3. The van der Waals surface area contributed by atoms with Crippen molar-refractivity contribution in [1.82, 2.24) is 4.90 Å². The van der Waals surface area contributed by atoms with Crippen LogP contribution in [0.2, 0.25) is 0 Å². The number of carbonyl (C=O) groups is 2. The molecule has 2 amide bonds. The van der Waals surface area contributed by atoms with E-state index in [4.69, 9.17) is 0 Å². The van der Waals surface area contributed by atoms with E-state index in [1.165, 1.54) is 12.2 Å². The fraction of sp³-hybridized carbons (Fsp3) is 0.600. The highest BCUT2D eigenvalue weighted by Crippen LogP contribution is 2.08. The normalized spacial score (nSPS) is 18.0. The number of amides is 2. The standard InChI is InChI=1S/C10H15NO3/c1-2-3-4-8(12)7-11-9(13)5-6-10(11)14/h5-6,8,12H,2-4,7H2,1H3. The smallest absolute Gasteiger partial charge is 0.253 e. The van der Waals surface area contributed by atoms with Crippen molar-refractivity contribution in [2.75, 3.05) is 6.54 Å². The number of imide groups is 1. The zero-order valence-corrected chi connectivity index (χ0v) is 8.27. The van der Waals surface area contributed by atoms with Gasteiger partial charge in [-0.25, -0.2) is 0 Å². The maximum atomic E-state index is 11.1. The molecule has 0 fully saturated rings. The highest BCUT2D eigenvalue weighted by Gasteiger charge is 2.25. The van der Waals surface area contributed by atoms with E-state index in [-0.39, 0.29) is 18.4 Å². The summed E-state index contributed by atoms with van der Waals surface area (Å²) in [5.41, 5.74) is 0. The third-order valence-electron chi connectivity index (χ3n) is 2.18. The first kappa shape index (κ1) is 10.9. The van der Waals surface area contributed by atoms with E-state index in [9.17, 15) is 14.7 Å². The van der Waals surface area contributed by atoms with Gasteiger partial charge in [0.1, 0.15) is 0 Å². The van der Waals surface area contributed by atoms with Gasteiger partial charge in [0.2, 0.25) is 0 Å². The molecule has 1 atom stereocenters. The second-order valence-electron chi connectivity index (χ2n) is 3.42. The Morgan fingerprint density at radius 2 is 1.93 bits per heavy atom. The molecule has 0 saturated heterocycles. The average molecular weight is 197 g/mol. The average Bonchev–Trinajstić information content (AvgIpc) is 2.46. The fourth-order valence-electron chi connectivity index (χ4n) is 1.35. The van der Waals surface area contributed by atoms with Crippen LogP contribution in [0.1, 0.15) is 26.2 Å². The SMILES string of the molecule is CCCCC(O)CN1C(=O)C=CC1=O. The van der Waals surface area contributed by atoms with Gasteiger partial charge in [0.05, 0.1) is 12.6 Å². The third-order valence-corrected chi connectivity index (χ3v) is 2.18. The largest absolute Gasteiger partial charge is 0.391 e. The Bertz CT molecular complexity index is 242. The Labute approximate surface area is 83.2 Å². The van der Waals surface area contributed by atoms with Crippen LogP contribution in [0.4, 0.5) is 0 Å². The molecule has 0 aromatic carbocycles. The van der Waals surface area contributed by atoms with E-state index in [1.54, 1.807) is 0 Å². The van der Waals surface area contributed by atoms with E-state index in [1.807, 2.05) is 6.92 Å². The van der Waals surface area contributed by atoms with Crippen molar-refractivity contribution < 1.29 is 14.7 Å². The number of β-amino-alcohol motifs (C(OH)–C–C–N with tert-alkyl or cyclic N) is 1. The molecule has 0 aliphatic carbocycles. The van der Waals surface area contributed by atoms with E-state index < -0.39 is 6.10 Å². The van der Waals surface area contributed by atoms with Gasteiger partial charge >= 0.3 is 0 Å². The van der Waals surface area contributed by atoms with E-state index in [0.29, 0.717) is 6.42 Å². The van der Waals surface area contributed by atoms with Crippen molar-refractivity contribution in [2.45, 2.75) is 32.3 Å². The molecule has 78 valence electrons. The number of rotatable bonds is 5. The van der Waals surface area contributed by atoms with Gasteiger partial charge in [0, 0.05) is 12.2 Å². The second-order valence-corrected chi connectivity index (χ2v) is 3.42. The Morgan fingerprint density at radius 3 is 2.43 bits per heavy atom. The Kier molecular flexibility index (Phi) is 3.83. The van der Waals surface area contributed by atoms with Gasteiger partial charge in [-0.05, 0) is 6.42 Å². The predicted octanol–water partition coefficient (Wildman–Crippen LogP) is 0.462. The molecule has 0 spiro atoms. The lowest BCUT2D eigenvalue weighted by Gasteiger charge is -2.17. The molecule has 1 unspecified atom stereocenters. The van der Waals surface area contributed by atoms with Crippen LogP contribution < -0.4 is 0 Å². The Balaban J connectivity index is 2.37. The van der Waals surface area contributed by atoms with Crippen LogP contribution in [0, 0.1) is 0 Å². The van der Waals surface area contributed by atoms with Crippen LogP contribution in [0.15, 0.2) is 12.2 Å². The first-order chi connectivity index (χ1) is 6.65. The minimum atomic E-state index is -0.595. The maximum Gasteiger partial charge on any atom is 0.253 e. The summed E-state index contributed by atoms with van der Waals surface area (Å²) in [5.74, 6) is -0.656. The molecule has 0 aromatic rings. The van der Waals surface area contributed by atoms with Gasteiger partial charge in [-0.1, -0.05) is 19.8 Å². The van der Waals surface area contributed by atoms with Crippen LogP contribution >= 0.6 is 0 Å². The van der Waals surface area contributed by atoms with Crippen LogP contribution in [-0.4, -0.2) is 34.5 Å². The highest BCUT2D eigenvalue weighted by molar-refractivity contribution is 6.12. The first-order valence-electron chi connectivity index (χ1n) is 4.86. The van der Waals surface area contributed by atoms with Crippen LogP contribution in [0.3, 0.4) is 0 Å². The van der Waals surface area contributed by atoms with Crippen molar-refractivity contribution in [2.24, 2.45) is 0 Å². The lowest BCUT2D eigenvalue weighted by molar-refractivity contribution is -0.138. The fourth-order valence-corrected chi connectivity index (χ4v) is 1.35. The lowest BCUT2D eigenvalue weighted by atomic mass is 10.1. The molecule has 0 saturated carbocycles. The molecule has 0 bridgehead atoms. The summed E-state index contributed by atoms with van der Waals surface area (Å²) in [6.45, 7) is 2.14. The molecular formula is C10H15NO3. The first-order valence-corrected chi connectivity index (χ1v) is 4.86. The Hall–Kier alpha value is -1.16. The van der Waals surface area contributed by atoms with E-state index in [2.05, 4.69) is 0 Å². The predicted molar refractivity (Wildman–Crippen MR) is 51.4 cm³/mol. The number of nitrogens with zero attached hydrogens (tertiary/aromatic N) is 1. The van der Waals surface area contributed by atoms with Gasteiger partial charge in [-0.2, -0.15) is 0 Å². The quantitative estimate of drug-likeness (QED) is 0.651. The molecule has 4 nitrogen and oxygen atoms in total. The van der Waals surface area contributed by atoms with Crippen molar-refractivity contribution in [3.8, 4) is 0 Å². The molecule has 0 radical (unpaired) electrons. The minimum Gasteiger partial charge on any atom is -0.391 e. The topological polar surface area (TPSA) is 57.6 Å². The summed E-state index contributed by atoms with van der Waals surface area (Å²) in [4.78, 5) is 23.3. The minimum absolute atomic E-state index is 0.116. The van der Waals surface area contributed by atoms with Gasteiger partial charge in [-0.3, -0.25) is 14.5 Å². The summed E-state index contributed by atoms with van der Waals surface area (Å²) >= 11 is 0. The molecular weight excluding hydrogens is 182 g/mol. The van der Waals surface area contributed by atoms with Gasteiger partial charge in [0.15, 0.2) is 0 Å². The van der Waals surface area contributed by atoms with Crippen molar-refractivity contribution >= 4 is 11.8 Å². The molecule has 1 heterocycles. The summed E-state index contributed by atoms with van der Waals surface area (Å²) < 4.78 is 0. The number of aliphatic hydroxyl groups is 1. The van der Waals surface area contributed by atoms with E-state index in [0.717, 1.165) is 17.7 Å². The molecule has 1 aliphatic heterocycles. The van der Waals surface area contributed by atoms with Gasteiger partial charge in [0.25, 0.3) is 11.8 Å². The van der Waals surface area contributed by atoms with Crippen molar-refractivity contribution in [1.29, 1.82) is 0 Å².